The van der Waals surface area contributed by atoms with E-state index >= 15 is 0 Å². The van der Waals surface area contributed by atoms with Crippen LogP contribution in [-0.2, 0) is 16.2 Å². The fourth-order valence-corrected chi connectivity index (χ4v) is 5.53. The molecule has 0 bridgehead atoms. The second-order valence-corrected chi connectivity index (χ2v) is 10.1. The van der Waals surface area contributed by atoms with Gasteiger partial charge in [-0.3, -0.25) is 4.79 Å². The van der Waals surface area contributed by atoms with Crippen LogP contribution in [0, 0.1) is 5.82 Å². The minimum absolute atomic E-state index is 0.123. The van der Waals surface area contributed by atoms with Gasteiger partial charge < -0.3 is 15.0 Å². The molecule has 0 saturated carbocycles. The average molecular weight is 538 g/mol. The minimum Gasteiger partial charge on any atom is -0.495 e. The molecule has 3 aromatic carbocycles. The van der Waals surface area contributed by atoms with Crippen molar-refractivity contribution in [2.24, 2.45) is 0 Å². The number of hydrogen-bond acceptors (Lipinski definition) is 5. The summed E-state index contributed by atoms with van der Waals surface area (Å²) < 4.78 is 87.4. The Balaban J connectivity index is 1.53. The predicted octanol–water partition coefficient (Wildman–Crippen LogP) is 4.62. The highest BCUT2D eigenvalue weighted by Crippen LogP contribution is 2.35. The van der Waals surface area contributed by atoms with Crippen molar-refractivity contribution in [3.05, 3.63) is 83.7 Å². The fourth-order valence-electron chi connectivity index (χ4n) is 4.08. The van der Waals surface area contributed by atoms with E-state index in [1.807, 2.05) is 28.4 Å². The van der Waals surface area contributed by atoms with Gasteiger partial charge in [-0.25, -0.2) is 12.8 Å². The standard InChI is InChI=1S/C25H23F4N3O4S/c1-36-23-9-5-4-8-22(23)31-12-14-32(15-13-31)37(34,35)17-10-11-20(26)18(16-17)24(33)30-21-7-3-2-6-19(21)25(27,28)29/h2-11,16H,12-15H2,1H3,(H,30,33). The number of halogens is 4. The van der Waals surface area contributed by atoms with Gasteiger partial charge in [0.1, 0.15) is 11.6 Å². The van der Waals surface area contributed by atoms with Crippen molar-refractivity contribution in [3.63, 3.8) is 0 Å². The van der Waals surface area contributed by atoms with Gasteiger partial charge >= 0.3 is 6.18 Å². The summed E-state index contributed by atoms with van der Waals surface area (Å²) in [5, 5.41) is 2.04. The molecule has 3 aromatic rings. The molecule has 0 atom stereocenters. The molecule has 1 fully saturated rings. The molecule has 12 heteroatoms. The number of rotatable bonds is 6. The van der Waals surface area contributed by atoms with Crippen LogP contribution < -0.4 is 15.0 Å². The number of nitrogens with zero attached hydrogens (tertiary/aromatic N) is 2. The molecule has 1 amide bonds. The van der Waals surface area contributed by atoms with Crippen LogP contribution in [0.4, 0.5) is 28.9 Å². The zero-order valence-electron chi connectivity index (χ0n) is 19.6. The summed E-state index contributed by atoms with van der Waals surface area (Å²) in [7, 11) is -2.57. The van der Waals surface area contributed by atoms with Crippen molar-refractivity contribution in [2.75, 3.05) is 43.5 Å². The number of methoxy groups -OCH3 is 1. The van der Waals surface area contributed by atoms with Gasteiger partial charge in [0.2, 0.25) is 10.0 Å². The Bertz CT molecular complexity index is 1410. The molecule has 1 heterocycles. The van der Waals surface area contributed by atoms with Crippen molar-refractivity contribution in [3.8, 4) is 5.75 Å². The Morgan fingerprint density at radius 2 is 1.59 bits per heavy atom. The number of ether oxygens (including phenoxy) is 1. The number of hydrogen-bond donors (Lipinski definition) is 1. The van der Waals surface area contributed by atoms with E-state index in [9.17, 15) is 30.8 Å². The number of nitrogens with one attached hydrogen (secondary N) is 1. The summed E-state index contributed by atoms with van der Waals surface area (Å²) in [6.45, 7) is 0.973. The number of sulfonamides is 1. The maximum atomic E-state index is 14.5. The number of para-hydroxylation sites is 3. The second kappa shape index (κ2) is 10.4. The van der Waals surface area contributed by atoms with Gasteiger partial charge in [-0.05, 0) is 42.5 Å². The first kappa shape index (κ1) is 26.4. The van der Waals surface area contributed by atoms with Gasteiger partial charge in [-0.15, -0.1) is 0 Å². The van der Waals surface area contributed by atoms with E-state index in [1.54, 1.807) is 13.2 Å². The lowest BCUT2D eigenvalue weighted by molar-refractivity contribution is -0.136. The molecule has 0 unspecified atom stereocenters. The Kier molecular flexibility index (Phi) is 7.42. The van der Waals surface area contributed by atoms with Crippen LogP contribution in [-0.4, -0.2) is 51.9 Å². The quantitative estimate of drug-likeness (QED) is 0.465. The second-order valence-electron chi connectivity index (χ2n) is 8.20. The normalized spacial score (nSPS) is 14.9. The fraction of sp³-hybridized carbons (Fsp3) is 0.240. The van der Waals surface area contributed by atoms with E-state index in [0.717, 1.165) is 42.1 Å². The topological polar surface area (TPSA) is 79.0 Å². The number of anilines is 2. The highest BCUT2D eigenvalue weighted by atomic mass is 32.2. The Hall–Kier alpha value is -3.64. The van der Waals surface area contributed by atoms with Gasteiger partial charge in [-0.1, -0.05) is 24.3 Å². The Labute approximate surface area is 211 Å². The monoisotopic (exact) mass is 537 g/mol. The SMILES string of the molecule is COc1ccccc1N1CCN(S(=O)(=O)c2ccc(F)c(C(=O)Nc3ccccc3C(F)(F)F)c2)CC1. The molecule has 0 aromatic heterocycles. The molecule has 0 radical (unpaired) electrons. The summed E-state index contributed by atoms with van der Waals surface area (Å²) >= 11 is 0. The third-order valence-electron chi connectivity index (χ3n) is 5.97. The summed E-state index contributed by atoms with van der Waals surface area (Å²) in [6, 6.07) is 14.3. The molecule has 4 rings (SSSR count). The molecule has 1 saturated heterocycles. The number of piperazine rings is 1. The molecule has 37 heavy (non-hydrogen) atoms. The van der Waals surface area contributed by atoms with Crippen molar-refractivity contribution in [1.29, 1.82) is 0 Å². The smallest absolute Gasteiger partial charge is 0.418 e. The van der Waals surface area contributed by atoms with Crippen molar-refractivity contribution >= 4 is 27.3 Å². The zero-order valence-corrected chi connectivity index (χ0v) is 20.4. The number of carbonyl (C=O) groups excluding carboxylic acids is 1. The number of amides is 1. The largest absolute Gasteiger partial charge is 0.495 e. The van der Waals surface area contributed by atoms with E-state index in [-0.39, 0.29) is 18.0 Å². The summed E-state index contributed by atoms with van der Waals surface area (Å²) in [4.78, 5) is 14.3. The van der Waals surface area contributed by atoms with Crippen LogP contribution in [0.3, 0.4) is 0 Å². The van der Waals surface area contributed by atoms with E-state index in [0.29, 0.717) is 18.8 Å². The van der Waals surface area contributed by atoms with Crippen molar-refractivity contribution in [1.82, 2.24) is 4.31 Å². The van der Waals surface area contributed by atoms with Crippen molar-refractivity contribution < 1.29 is 35.5 Å². The number of carbonyl (C=O) groups is 1. The molecule has 1 aliphatic rings. The van der Waals surface area contributed by atoms with Gasteiger partial charge in [0.05, 0.1) is 34.5 Å². The van der Waals surface area contributed by atoms with Crippen LogP contribution in [0.5, 0.6) is 5.75 Å². The lowest BCUT2D eigenvalue weighted by Gasteiger charge is -2.36. The van der Waals surface area contributed by atoms with Gasteiger partial charge in [-0.2, -0.15) is 17.5 Å². The highest BCUT2D eigenvalue weighted by Gasteiger charge is 2.34. The third kappa shape index (κ3) is 5.54. The van der Waals surface area contributed by atoms with Gasteiger partial charge in [0, 0.05) is 26.2 Å². The molecular weight excluding hydrogens is 514 g/mol. The highest BCUT2D eigenvalue weighted by molar-refractivity contribution is 7.89. The first-order chi connectivity index (χ1) is 17.5. The molecular formula is C25H23F4N3O4S. The van der Waals surface area contributed by atoms with Crippen LogP contribution in [0.25, 0.3) is 0 Å². The third-order valence-corrected chi connectivity index (χ3v) is 7.86. The van der Waals surface area contributed by atoms with E-state index in [1.165, 1.54) is 10.4 Å². The Morgan fingerprint density at radius 3 is 2.27 bits per heavy atom. The lowest BCUT2D eigenvalue weighted by Crippen LogP contribution is -2.48. The predicted molar refractivity (Wildman–Crippen MR) is 130 cm³/mol. The summed E-state index contributed by atoms with van der Waals surface area (Å²) in [6.07, 6.45) is -4.75. The maximum Gasteiger partial charge on any atom is 0.418 e. The first-order valence-corrected chi connectivity index (χ1v) is 12.6. The molecule has 7 nitrogen and oxygen atoms in total. The van der Waals surface area contributed by atoms with Crippen LogP contribution in [0.2, 0.25) is 0 Å². The maximum absolute atomic E-state index is 14.5. The molecule has 1 aliphatic heterocycles. The lowest BCUT2D eigenvalue weighted by atomic mass is 10.1. The van der Waals surface area contributed by atoms with Crippen LogP contribution >= 0.6 is 0 Å². The summed E-state index contributed by atoms with van der Waals surface area (Å²) in [5.41, 5.74) is -1.55. The van der Waals surface area contributed by atoms with Crippen LogP contribution in [0.1, 0.15) is 15.9 Å². The average Bonchev–Trinajstić information content (AvgIpc) is 2.88. The number of benzene rings is 3. The molecule has 1 N–H and O–H groups in total. The minimum atomic E-state index is -4.75. The van der Waals surface area contributed by atoms with E-state index in [4.69, 9.17) is 4.74 Å². The molecule has 196 valence electrons. The first-order valence-electron chi connectivity index (χ1n) is 11.2. The molecule has 0 spiro atoms. The van der Waals surface area contributed by atoms with Gasteiger partial charge in [0.15, 0.2) is 0 Å². The Morgan fingerprint density at radius 1 is 0.946 bits per heavy atom. The van der Waals surface area contributed by atoms with Crippen molar-refractivity contribution in [2.45, 2.75) is 11.1 Å². The van der Waals surface area contributed by atoms with Gasteiger partial charge in [0.25, 0.3) is 5.91 Å². The number of alkyl halides is 3. The van der Waals surface area contributed by atoms with E-state index < -0.39 is 44.7 Å². The van der Waals surface area contributed by atoms with Crippen LogP contribution in [0.15, 0.2) is 71.6 Å². The summed E-state index contributed by atoms with van der Waals surface area (Å²) in [5.74, 6) is -1.62. The zero-order chi connectivity index (χ0) is 26.8. The van der Waals surface area contributed by atoms with E-state index in [2.05, 4.69) is 0 Å². The molecule has 0 aliphatic carbocycles.